The van der Waals surface area contributed by atoms with Crippen LogP contribution in [0.4, 0.5) is 0 Å². The van der Waals surface area contributed by atoms with Crippen molar-refractivity contribution < 1.29 is 17.9 Å². The molecule has 3 N–H and O–H groups in total. The molecule has 0 bridgehead atoms. The van der Waals surface area contributed by atoms with Gasteiger partial charge in [0.1, 0.15) is 6.10 Å². The van der Waals surface area contributed by atoms with Gasteiger partial charge in [-0.1, -0.05) is 12.1 Å². The molecule has 10 heteroatoms. The fraction of sp³-hybridized carbons (Fsp3) is 0.588. The van der Waals surface area contributed by atoms with Crippen molar-refractivity contribution in [3.05, 3.63) is 29.8 Å². The van der Waals surface area contributed by atoms with Crippen molar-refractivity contribution in [1.82, 2.24) is 10.2 Å². The molecule has 0 spiro atoms. The molecule has 0 saturated carbocycles. The highest BCUT2D eigenvalue weighted by Gasteiger charge is 2.32. The predicted molar refractivity (Wildman–Crippen MR) is 114 cm³/mol. The van der Waals surface area contributed by atoms with Crippen molar-refractivity contribution in [2.75, 3.05) is 33.4 Å². The minimum atomic E-state index is -3.71. The van der Waals surface area contributed by atoms with Gasteiger partial charge in [-0.05, 0) is 30.5 Å². The Morgan fingerprint density at radius 3 is 2.78 bits per heavy atom. The molecule has 27 heavy (non-hydrogen) atoms. The number of rotatable bonds is 4. The number of aliphatic imine (C=N–C) groups is 1. The van der Waals surface area contributed by atoms with Crippen LogP contribution in [0.3, 0.4) is 0 Å². The summed E-state index contributed by atoms with van der Waals surface area (Å²) in [6.45, 7) is 3.36. The molecule has 2 atom stereocenters. The Kier molecular flexibility index (Phi) is 8.28. The van der Waals surface area contributed by atoms with E-state index in [0.717, 1.165) is 44.1 Å². The van der Waals surface area contributed by atoms with Crippen molar-refractivity contribution in [2.24, 2.45) is 10.1 Å². The predicted octanol–water partition coefficient (Wildman–Crippen LogP) is 0.907. The molecule has 1 aromatic carbocycles. The molecule has 0 aromatic heterocycles. The SMILES string of the molecule is CN=C(NCc1cccc(S(N)(=O)=O)c1)N1CCOC(C2CCCO2)C1.I. The molecule has 2 unspecified atom stereocenters. The second kappa shape index (κ2) is 10.0. The Morgan fingerprint density at radius 1 is 1.33 bits per heavy atom. The Labute approximate surface area is 177 Å². The average molecular weight is 510 g/mol. The van der Waals surface area contributed by atoms with E-state index in [1.165, 1.54) is 6.07 Å². The van der Waals surface area contributed by atoms with Crippen LogP contribution in [0.25, 0.3) is 0 Å². The highest BCUT2D eigenvalue weighted by atomic mass is 127. The number of sulfonamides is 1. The van der Waals surface area contributed by atoms with Crippen molar-refractivity contribution in [3.63, 3.8) is 0 Å². The summed E-state index contributed by atoms with van der Waals surface area (Å²) in [4.78, 5) is 6.61. The fourth-order valence-corrected chi connectivity index (χ4v) is 3.92. The summed E-state index contributed by atoms with van der Waals surface area (Å²) in [7, 11) is -1.97. The van der Waals surface area contributed by atoms with E-state index in [2.05, 4.69) is 15.2 Å². The second-order valence-electron chi connectivity index (χ2n) is 6.50. The molecule has 0 aliphatic carbocycles. The smallest absolute Gasteiger partial charge is 0.238 e. The average Bonchev–Trinajstić information content (AvgIpc) is 3.17. The maximum atomic E-state index is 11.5. The van der Waals surface area contributed by atoms with E-state index in [4.69, 9.17) is 14.6 Å². The molecule has 0 radical (unpaired) electrons. The zero-order valence-corrected chi connectivity index (χ0v) is 18.5. The van der Waals surface area contributed by atoms with Gasteiger partial charge in [-0.2, -0.15) is 0 Å². The lowest BCUT2D eigenvalue weighted by molar-refractivity contribution is -0.0817. The molecule has 8 nitrogen and oxygen atoms in total. The van der Waals surface area contributed by atoms with Gasteiger partial charge in [0, 0.05) is 33.3 Å². The molecule has 3 rings (SSSR count). The number of nitrogens with two attached hydrogens (primary N) is 1. The summed E-state index contributed by atoms with van der Waals surface area (Å²) in [6.07, 6.45) is 2.32. The molecule has 2 aliphatic heterocycles. The number of hydrogen-bond donors (Lipinski definition) is 2. The Hall–Kier alpha value is -0.950. The lowest BCUT2D eigenvalue weighted by atomic mass is 10.1. The summed E-state index contributed by atoms with van der Waals surface area (Å²) in [5.74, 6) is 0.761. The normalized spacial score (nSPS) is 23.8. The quantitative estimate of drug-likeness (QED) is 0.355. The number of ether oxygens (including phenoxy) is 2. The van der Waals surface area contributed by atoms with Gasteiger partial charge in [0.25, 0.3) is 0 Å². The van der Waals surface area contributed by atoms with E-state index < -0.39 is 10.0 Å². The summed E-state index contributed by atoms with van der Waals surface area (Å²) in [5.41, 5.74) is 0.821. The third-order valence-electron chi connectivity index (χ3n) is 4.66. The minimum absolute atomic E-state index is 0. The van der Waals surface area contributed by atoms with Gasteiger partial charge in [0.15, 0.2) is 5.96 Å². The van der Waals surface area contributed by atoms with E-state index in [1.807, 2.05) is 6.07 Å². The molecule has 0 amide bonds. The van der Waals surface area contributed by atoms with Gasteiger partial charge in [-0.3, -0.25) is 4.99 Å². The van der Waals surface area contributed by atoms with Crippen molar-refractivity contribution in [3.8, 4) is 0 Å². The molecule has 2 saturated heterocycles. The van der Waals surface area contributed by atoms with Crippen LogP contribution in [0.2, 0.25) is 0 Å². The second-order valence-corrected chi connectivity index (χ2v) is 8.06. The maximum Gasteiger partial charge on any atom is 0.238 e. The topological polar surface area (TPSA) is 106 Å². The number of halogens is 1. The lowest BCUT2D eigenvalue weighted by Crippen LogP contribution is -2.53. The van der Waals surface area contributed by atoms with E-state index in [1.54, 1.807) is 19.2 Å². The van der Waals surface area contributed by atoms with Crippen LogP contribution in [0.1, 0.15) is 18.4 Å². The van der Waals surface area contributed by atoms with E-state index >= 15 is 0 Å². The molecular formula is C17H27IN4O4S. The van der Waals surface area contributed by atoms with E-state index in [0.29, 0.717) is 13.2 Å². The van der Waals surface area contributed by atoms with Crippen molar-refractivity contribution in [1.29, 1.82) is 0 Å². The summed E-state index contributed by atoms with van der Waals surface area (Å²) < 4.78 is 34.6. The zero-order chi connectivity index (χ0) is 18.6. The molecule has 1 aromatic rings. The number of hydrogen-bond acceptors (Lipinski definition) is 5. The monoisotopic (exact) mass is 510 g/mol. The largest absolute Gasteiger partial charge is 0.375 e. The minimum Gasteiger partial charge on any atom is -0.375 e. The first-order valence-corrected chi connectivity index (χ1v) is 10.3. The van der Waals surface area contributed by atoms with Crippen LogP contribution in [0.15, 0.2) is 34.2 Å². The first kappa shape index (κ1) is 22.3. The maximum absolute atomic E-state index is 11.5. The number of nitrogens with zero attached hydrogens (tertiary/aromatic N) is 2. The van der Waals surface area contributed by atoms with E-state index in [9.17, 15) is 8.42 Å². The Bertz CT molecular complexity index is 753. The number of benzene rings is 1. The van der Waals surface area contributed by atoms with Crippen LogP contribution in [0.5, 0.6) is 0 Å². The van der Waals surface area contributed by atoms with Crippen molar-refractivity contribution >= 4 is 40.0 Å². The number of nitrogens with one attached hydrogen (secondary N) is 1. The highest BCUT2D eigenvalue weighted by molar-refractivity contribution is 14.0. The first-order chi connectivity index (χ1) is 12.5. The number of morpholine rings is 1. The third-order valence-corrected chi connectivity index (χ3v) is 5.57. The standard InChI is InChI=1S/C17H26N4O4S.HI/c1-19-17(20-11-13-4-2-5-14(10-13)26(18,22)23)21-7-9-25-16(12-21)15-6-3-8-24-15;/h2,4-5,10,15-16H,3,6-9,11-12H2,1H3,(H,19,20)(H2,18,22,23);1H. The Morgan fingerprint density at radius 2 is 2.11 bits per heavy atom. The molecule has 152 valence electrons. The summed E-state index contributed by atoms with van der Waals surface area (Å²) in [5, 5.41) is 8.48. The van der Waals surface area contributed by atoms with Gasteiger partial charge < -0.3 is 19.7 Å². The number of primary sulfonamides is 1. The lowest BCUT2D eigenvalue weighted by Gasteiger charge is -2.37. The molecule has 2 fully saturated rings. The Balaban J connectivity index is 0.00000261. The van der Waals surface area contributed by atoms with Crippen LogP contribution in [0, 0.1) is 0 Å². The summed E-state index contributed by atoms with van der Waals surface area (Å²) >= 11 is 0. The van der Waals surface area contributed by atoms with Gasteiger partial charge in [0.05, 0.1) is 17.6 Å². The number of guanidine groups is 1. The van der Waals surface area contributed by atoms with Crippen LogP contribution in [-0.2, 0) is 26.0 Å². The van der Waals surface area contributed by atoms with Crippen LogP contribution < -0.4 is 10.5 Å². The summed E-state index contributed by atoms with van der Waals surface area (Å²) in [6, 6.07) is 6.59. The van der Waals surface area contributed by atoms with Gasteiger partial charge >= 0.3 is 0 Å². The fourth-order valence-electron chi connectivity index (χ4n) is 3.33. The van der Waals surface area contributed by atoms with Crippen LogP contribution in [-0.4, -0.2) is 64.8 Å². The first-order valence-electron chi connectivity index (χ1n) is 8.78. The molecule has 2 heterocycles. The third kappa shape index (κ3) is 6.01. The highest BCUT2D eigenvalue weighted by Crippen LogP contribution is 2.21. The van der Waals surface area contributed by atoms with Crippen molar-refractivity contribution in [2.45, 2.75) is 36.5 Å². The molecular weight excluding hydrogens is 483 g/mol. The van der Waals surface area contributed by atoms with E-state index in [-0.39, 0.29) is 41.1 Å². The van der Waals surface area contributed by atoms with Gasteiger partial charge in [-0.15, -0.1) is 24.0 Å². The van der Waals surface area contributed by atoms with Gasteiger partial charge in [0.2, 0.25) is 10.0 Å². The molecule has 2 aliphatic rings. The van der Waals surface area contributed by atoms with Crippen LogP contribution >= 0.6 is 24.0 Å². The zero-order valence-electron chi connectivity index (χ0n) is 15.3. The van der Waals surface area contributed by atoms with Gasteiger partial charge in [-0.25, -0.2) is 13.6 Å².